The maximum absolute atomic E-state index is 13.8. The topological polar surface area (TPSA) is 62.3 Å². The highest BCUT2D eigenvalue weighted by Gasteiger charge is 2.40. The molecule has 1 N–H and O–H groups in total. The van der Waals surface area contributed by atoms with Crippen LogP contribution in [-0.2, 0) is 4.79 Å². The molecule has 0 aliphatic carbocycles. The Labute approximate surface area is 193 Å². The van der Waals surface area contributed by atoms with E-state index in [0.717, 1.165) is 24.8 Å². The van der Waals surface area contributed by atoms with Gasteiger partial charge in [-0.1, -0.05) is 60.7 Å². The molecule has 5 heteroatoms. The number of amides is 2. The Bertz CT molecular complexity index is 1200. The third-order valence-electron chi connectivity index (χ3n) is 6.28. The molecular formula is C28H25N3O2. The molecule has 33 heavy (non-hydrogen) atoms. The van der Waals surface area contributed by atoms with Gasteiger partial charge < -0.3 is 10.2 Å². The van der Waals surface area contributed by atoms with Gasteiger partial charge in [-0.05, 0) is 60.2 Å². The summed E-state index contributed by atoms with van der Waals surface area (Å²) in [5.41, 5.74) is 4.04. The first-order chi connectivity index (χ1) is 16.2. The van der Waals surface area contributed by atoms with Crippen LogP contribution in [0.15, 0.2) is 97.0 Å². The molecule has 2 amide bonds. The highest BCUT2D eigenvalue weighted by molar-refractivity contribution is 6.05. The molecule has 0 saturated carbocycles. The summed E-state index contributed by atoms with van der Waals surface area (Å²) >= 11 is 0. The minimum atomic E-state index is -0.302. The average Bonchev–Trinajstić information content (AvgIpc) is 3.13. The Balaban J connectivity index is 1.44. The van der Waals surface area contributed by atoms with Crippen molar-refractivity contribution in [1.29, 1.82) is 0 Å². The third-order valence-corrected chi connectivity index (χ3v) is 6.28. The van der Waals surface area contributed by atoms with Crippen LogP contribution in [-0.4, -0.2) is 33.8 Å². The summed E-state index contributed by atoms with van der Waals surface area (Å²) in [5, 5.41) is 2.87. The van der Waals surface area contributed by atoms with Crippen LogP contribution in [0, 0.1) is 0 Å². The van der Waals surface area contributed by atoms with Crippen molar-refractivity contribution in [3.63, 3.8) is 0 Å². The lowest BCUT2D eigenvalue weighted by Gasteiger charge is -2.35. The minimum Gasteiger partial charge on any atom is -0.328 e. The first-order valence-corrected chi connectivity index (χ1v) is 11.3. The summed E-state index contributed by atoms with van der Waals surface area (Å²) in [6.07, 6.45) is 10.0. The lowest BCUT2D eigenvalue weighted by atomic mass is 9.94. The number of carbonyl (C=O) groups excluding carboxylic acids is 2. The number of hydrogen-bond acceptors (Lipinski definition) is 3. The van der Waals surface area contributed by atoms with E-state index in [0.29, 0.717) is 5.56 Å². The summed E-state index contributed by atoms with van der Waals surface area (Å²) in [4.78, 5) is 32.8. The van der Waals surface area contributed by atoms with Crippen molar-refractivity contribution >= 4 is 23.5 Å². The molecule has 1 aromatic heterocycles. The highest BCUT2D eigenvalue weighted by Crippen LogP contribution is 2.39. The monoisotopic (exact) mass is 435 g/mol. The van der Waals surface area contributed by atoms with Crippen molar-refractivity contribution in [1.82, 2.24) is 15.2 Å². The molecule has 1 saturated heterocycles. The van der Waals surface area contributed by atoms with E-state index in [-0.39, 0.29) is 29.6 Å². The van der Waals surface area contributed by atoms with E-state index < -0.39 is 0 Å². The van der Waals surface area contributed by atoms with Gasteiger partial charge in [0, 0.05) is 24.0 Å². The zero-order valence-electron chi connectivity index (χ0n) is 18.2. The number of nitrogens with one attached hydrogen (secondary N) is 1. The van der Waals surface area contributed by atoms with E-state index in [4.69, 9.17) is 0 Å². The quantitative estimate of drug-likeness (QED) is 0.591. The van der Waals surface area contributed by atoms with Crippen molar-refractivity contribution in [2.45, 2.75) is 31.3 Å². The summed E-state index contributed by atoms with van der Waals surface area (Å²) in [6.45, 7) is 0. The predicted molar refractivity (Wildman–Crippen MR) is 129 cm³/mol. The van der Waals surface area contributed by atoms with E-state index >= 15 is 0 Å². The molecule has 1 fully saturated rings. The normalized spacial score (nSPS) is 19.7. The zero-order valence-corrected chi connectivity index (χ0v) is 18.2. The van der Waals surface area contributed by atoms with Gasteiger partial charge in [0.2, 0.25) is 0 Å². The van der Waals surface area contributed by atoms with Gasteiger partial charge >= 0.3 is 0 Å². The Hall–Kier alpha value is -3.99. The third kappa shape index (κ3) is 4.48. The first-order valence-electron chi connectivity index (χ1n) is 11.3. The number of fused-ring (bicyclic) bond motifs is 2. The van der Waals surface area contributed by atoms with Gasteiger partial charge in [-0.3, -0.25) is 14.6 Å². The molecule has 3 heterocycles. The van der Waals surface area contributed by atoms with Crippen molar-refractivity contribution < 1.29 is 9.59 Å². The summed E-state index contributed by atoms with van der Waals surface area (Å²) in [5.74, 6) is -0.456. The number of carbonyl (C=O) groups is 2. The van der Waals surface area contributed by atoms with Gasteiger partial charge in [0.25, 0.3) is 11.8 Å². The SMILES string of the molecule is O=C(N/C(=C\c1cccnc1)C(=O)N1C2C=C(c3ccccc3)CC1CC2)c1ccccc1. The van der Waals surface area contributed by atoms with Gasteiger partial charge in [0.1, 0.15) is 5.70 Å². The van der Waals surface area contributed by atoms with Crippen LogP contribution in [0.25, 0.3) is 11.6 Å². The fraction of sp³-hybridized carbons (Fsp3) is 0.179. The van der Waals surface area contributed by atoms with Gasteiger partial charge in [-0.15, -0.1) is 0 Å². The fourth-order valence-corrected chi connectivity index (χ4v) is 4.72. The van der Waals surface area contributed by atoms with Crippen LogP contribution in [0.1, 0.15) is 40.7 Å². The number of aromatic nitrogens is 1. The second kappa shape index (κ2) is 9.25. The predicted octanol–water partition coefficient (Wildman–Crippen LogP) is 4.70. The Morgan fingerprint density at radius 3 is 2.39 bits per heavy atom. The van der Waals surface area contributed by atoms with Gasteiger partial charge in [0.05, 0.1) is 6.04 Å². The number of hydrogen-bond donors (Lipinski definition) is 1. The molecule has 5 rings (SSSR count). The summed E-state index contributed by atoms with van der Waals surface area (Å²) in [6, 6.07) is 23.1. The van der Waals surface area contributed by atoms with Gasteiger partial charge in [-0.2, -0.15) is 0 Å². The summed E-state index contributed by atoms with van der Waals surface area (Å²) < 4.78 is 0. The van der Waals surface area contributed by atoms with Crippen molar-refractivity contribution in [3.8, 4) is 0 Å². The number of benzene rings is 2. The van der Waals surface area contributed by atoms with Crippen molar-refractivity contribution in [2.75, 3.05) is 0 Å². The number of nitrogens with zero attached hydrogens (tertiary/aromatic N) is 2. The van der Waals surface area contributed by atoms with E-state index in [2.05, 4.69) is 28.5 Å². The molecule has 3 aromatic rings. The van der Waals surface area contributed by atoms with E-state index in [1.807, 2.05) is 53.4 Å². The highest BCUT2D eigenvalue weighted by atomic mass is 16.2. The molecule has 0 spiro atoms. The second-order valence-electron chi connectivity index (χ2n) is 8.44. The standard InChI is InChI=1S/C28H25N3O2/c32-27(22-11-5-2-6-12-22)30-26(16-20-8-7-15-29-19-20)28(33)31-24-13-14-25(31)18-23(17-24)21-9-3-1-4-10-21/h1-12,15-17,19,24-25H,13-14,18H2,(H,30,32)/b26-16-. The van der Waals surface area contributed by atoms with Gasteiger partial charge in [0.15, 0.2) is 0 Å². The van der Waals surface area contributed by atoms with E-state index in [1.165, 1.54) is 11.1 Å². The second-order valence-corrected chi connectivity index (χ2v) is 8.44. The van der Waals surface area contributed by atoms with Crippen LogP contribution < -0.4 is 5.32 Å². The molecule has 2 unspecified atom stereocenters. The number of pyridine rings is 1. The maximum Gasteiger partial charge on any atom is 0.271 e. The number of rotatable bonds is 5. The maximum atomic E-state index is 13.8. The fourth-order valence-electron chi connectivity index (χ4n) is 4.72. The Kier molecular flexibility index (Phi) is 5.85. The van der Waals surface area contributed by atoms with Crippen LogP contribution in [0.4, 0.5) is 0 Å². The molecule has 5 nitrogen and oxygen atoms in total. The van der Waals surface area contributed by atoms with Crippen LogP contribution in [0.3, 0.4) is 0 Å². The molecule has 2 bridgehead atoms. The lowest BCUT2D eigenvalue weighted by molar-refractivity contribution is -0.129. The molecule has 164 valence electrons. The molecule has 2 aromatic carbocycles. The largest absolute Gasteiger partial charge is 0.328 e. The average molecular weight is 436 g/mol. The Morgan fingerprint density at radius 1 is 0.939 bits per heavy atom. The molecule has 2 atom stereocenters. The summed E-state index contributed by atoms with van der Waals surface area (Å²) in [7, 11) is 0. The van der Waals surface area contributed by atoms with E-state index in [9.17, 15) is 9.59 Å². The van der Waals surface area contributed by atoms with E-state index in [1.54, 1.807) is 30.6 Å². The van der Waals surface area contributed by atoms with Crippen molar-refractivity contribution in [3.05, 3.63) is 114 Å². The van der Waals surface area contributed by atoms with Crippen molar-refractivity contribution in [2.24, 2.45) is 0 Å². The van der Waals surface area contributed by atoms with Crippen LogP contribution in [0.5, 0.6) is 0 Å². The van der Waals surface area contributed by atoms with Crippen LogP contribution in [0.2, 0.25) is 0 Å². The molecule has 2 aliphatic heterocycles. The molecule has 2 aliphatic rings. The van der Waals surface area contributed by atoms with Crippen LogP contribution >= 0.6 is 0 Å². The smallest absolute Gasteiger partial charge is 0.271 e. The molecule has 0 radical (unpaired) electrons. The molecular weight excluding hydrogens is 410 g/mol. The minimum absolute atomic E-state index is 0.0254. The lowest BCUT2D eigenvalue weighted by Crippen LogP contribution is -2.46. The Morgan fingerprint density at radius 2 is 1.70 bits per heavy atom. The zero-order chi connectivity index (χ0) is 22.6. The first kappa shape index (κ1) is 20.9. The van der Waals surface area contributed by atoms with Gasteiger partial charge in [-0.25, -0.2) is 0 Å².